The van der Waals surface area contributed by atoms with Gasteiger partial charge in [-0.3, -0.25) is 0 Å². The highest BCUT2D eigenvalue weighted by atomic mass is 127. The molecule has 2 aromatic rings. The molecule has 0 spiro atoms. The second-order valence-electron chi connectivity index (χ2n) is 4.15. The van der Waals surface area contributed by atoms with Crippen molar-refractivity contribution >= 4 is 28.3 Å². The molecule has 18 heavy (non-hydrogen) atoms. The van der Waals surface area contributed by atoms with Crippen molar-refractivity contribution in [2.24, 2.45) is 0 Å². The number of benzene rings is 2. The van der Waals surface area contributed by atoms with Crippen molar-refractivity contribution in [2.45, 2.75) is 6.54 Å². The fourth-order valence-electron chi connectivity index (χ4n) is 1.89. The summed E-state index contributed by atoms with van der Waals surface area (Å²) in [5.74, 6) is 0.908. The maximum atomic E-state index is 5.38. The van der Waals surface area contributed by atoms with Crippen LogP contribution in [0.4, 0.5) is 5.69 Å². The zero-order chi connectivity index (χ0) is 13.0. The van der Waals surface area contributed by atoms with Gasteiger partial charge in [0.2, 0.25) is 0 Å². The van der Waals surface area contributed by atoms with Crippen LogP contribution in [-0.4, -0.2) is 14.2 Å². The fourth-order valence-corrected chi connectivity index (χ4v) is 2.25. The van der Waals surface area contributed by atoms with E-state index in [4.69, 9.17) is 4.74 Å². The lowest BCUT2D eigenvalue weighted by atomic mass is 10.2. The van der Waals surface area contributed by atoms with Crippen molar-refractivity contribution in [3.8, 4) is 5.75 Å². The lowest BCUT2D eigenvalue weighted by Crippen LogP contribution is -2.17. The van der Waals surface area contributed by atoms with Crippen LogP contribution in [0.3, 0.4) is 0 Å². The van der Waals surface area contributed by atoms with Gasteiger partial charge in [0.05, 0.1) is 12.8 Å². The number of rotatable bonds is 4. The number of hydrogen-bond acceptors (Lipinski definition) is 2. The van der Waals surface area contributed by atoms with Crippen molar-refractivity contribution in [3.05, 3.63) is 57.7 Å². The molecule has 3 heteroatoms. The Kier molecular flexibility index (Phi) is 4.47. The predicted octanol–water partition coefficient (Wildman–Crippen LogP) is 3.94. The summed E-state index contributed by atoms with van der Waals surface area (Å²) in [5.41, 5.74) is 2.40. The van der Waals surface area contributed by atoms with Crippen molar-refractivity contribution in [1.82, 2.24) is 0 Å². The summed E-state index contributed by atoms with van der Waals surface area (Å²) >= 11 is 2.32. The molecule has 0 N–H and O–H groups in total. The Morgan fingerprint density at radius 3 is 2.39 bits per heavy atom. The van der Waals surface area contributed by atoms with Gasteiger partial charge in [0.1, 0.15) is 5.75 Å². The highest BCUT2D eigenvalue weighted by Gasteiger charge is 2.07. The number of nitrogens with zero attached hydrogens (tertiary/aromatic N) is 1. The van der Waals surface area contributed by atoms with E-state index in [0.717, 1.165) is 18.0 Å². The van der Waals surface area contributed by atoms with E-state index in [-0.39, 0.29) is 0 Å². The van der Waals surface area contributed by atoms with E-state index in [9.17, 15) is 0 Å². The lowest BCUT2D eigenvalue weighted by Gasteiger charge is -2.21. The van der Waals surface area contributed by atoms with Gasteiger partial charge in [-0.1, -0.05) is 24.3 Å². The summed E-state index contributed by atoms with van der Waals surface area (Å²) in [6, 6.07) is 16.7. The van der Waals surface area contributed by atoms with Gasteiger partial charge in [0, 0.05) is 17.2 Å². The molecular weight excluding hydrogens is 337 g/mol. The van der Waals surface area contributed by atoms with Gasteiger partial charge in [0.15, 0.2) is 0 Å². The van der Waals surface area contributed by atoms with Crippen LogP contribution in [0.5, 0.6) is 5.75 Å². The molecule has 0 fully saturated rings. The number of methoxy groups -OCH3 is 1. The molecule has 0 aliphatic rings. The molecule has 0 bridgehead atoms. The Labute approximate surface area is 122 Å². The van der Waals surface area contributed by atoms with E-state index < -0.39 is 0 Å². The monoisotopic (exact) mass is 353 g/mol. The number of halogens is 1. The third-order valence-electron chi connectivity index (χ3n) is 2.83. The molecular formula is C15H16INO. The third-order valence-corrected chi connectivity index (χ3v) is 3.55. The van der Waals surface area contributed by atoms with E-state index in [2.05, 4.69) is 64.9 Å². The minimum Gasteiger partial charge on any atom is -0.495 e. The van der Waals surface area contributed by atoms with Gasteiger partial charge >= 0.3 is 0 Å². The topological polar surface area (TPSA) is 12.5 Å². The highest BCUT2D eigenvalue weighted by Crippen LogP contribution is 2.27. The van der Waals surface area contributed by atoms with Gasteiger partial charge < -0.3 is 9.64 Å². The number of anilines is 1. The van der Waals surface area contributed by atoms with Gasteiger partial charge in [-0.25, -0.2) is 0 Å². The number of para-hydroxylation sites is 2. The van der Waals surface area contributed by atoms with Crippen LogP contribution in [0.1, 0.15) is 5.56 Å². The van der Waals surface area contributed by atoms with Gasteiger partial charge in [-0.2, -0.15) is 0 Å². The first-order valence-electron chi connectivity index (χ1n) is 5.79. The van der Waals surface area contributed by atoms with E-state index in [1.165, 1.54) is 9.13 Å². The van der Waals surface area contributed by atoms with Crippen LogP contribution in [-0.2, 0) is 6.54 Å². The second-order valence-corrected chi connectivity index (χ2v) is 5.40. The standard InChI is InChI=1S/C15H16INO/c1-17(11-12-7-9-13(16)10-8-12)14-5-3-4-6-15(14)18-2/h3-10H,11H2,1-2H3. The van der Waals surface area contributed by atoms with Crippen molar-refractivity contribution in [1.29, 1.82) is 0 Å². The van der Waals surface area contributed by atoms with Crippen LogP contribution in [0, 0.1) is 3.57 Å². The Hall–Kier alpha value is -1.23. The predicted molar refractivity (Wildman–Crippen MR) is 84.3 cm³/mol. The molecule has 0 amide bonds. The number of hydrogen-bond donors (Lipinski definition) is 0. The normalized spacial score (nSPS) is 10.2. The van der Waals surface area contributed by atoms with Crippen LogP contribution in [0.2, 0.25) is 0 Å². The molecule has 94 valence electrons. The van der Waals surface area contributed by atoms with Crippen LogP contribution >= 0.6 is 22.6 Å². The van der Waals surface area contributed by atoms with Crippen molar-refractivity contribution < 1.29 is 4.74 Å². The first kappa shape index (κ1) is 13.2. The fraction of sp³-hybridized carbons (Fsp3) is 0.200. The summed E-state index contributed by atoms with van der Waals surface area (Å²) in [4.78, 5) is 2.20. The summed E-state index contributed by atoms with van der Waals surface area (Å²) in [6.45, 7) is 0.872. The van der Waals surface area contributed by atoms with E-state index in [1.807, 2.05) is 18.2 Å². The molecule has 0 saturated heterocycles. The average Bonchev–Trinajstić information content (AvgIpc) is 2.41. The maximum Gasteiger partial charge on any atom is 0.142 e. The highest BCUT2D eigenvalue weighted by molar-refractivity contribution is 14.1. The largest absolute Gasteiger partial charge is 0.495 e. The van der Waals surface area contributed by atoms with Crippen LogP contribution in [0.25, 0.3) is 0 Å². The second kappa shape index (κ2) is 6.09. The maximum absolute atomic E-state index is 5.38. The smallest absolute Gasteiger partial charge is 0.142 e. The average molecular weight is 353 g/mol. The Morgan fingerprint density at radius 1 is 1.06 bits per heavy atom. The first-order valence-corrected chi connectivity index (χ1v) is 6.87. The zero-order valence-electron chi connectivity index (χ0n) is 10.6. The van der Waals surface area contributed by atoms with Gasteiger partial charge in [0.25, 0.3) is 0 Å². The van der Waals surface area contributed by atoms with E-state index in [1.54, 1.807) is 7.11 Å². The van der Waals surface area contributed by atoms with Gasteiger partial charge in [-0.15, -0.1) is 0 Å². The van der Waals surface area contributed by atoms with Crippen molar-refractivity contribution in [3.63, 3.8) is 0 Å². The third kappa shape index (κ3) is 3.16. The molecule has 0 radical (unpaired) electrons. The molecule has 2 rings (SSSR count). The first-order chi connectivity index (χ1) is 8.70. The van der Waals surface area contributed by atoms with Crippen LogP contribution < -0.4 is 9.64 Å². The minimum absolute atomic E-state index is 0.872. The quantitative estimate of drug-likeness (QED) is 0.773. The lowest BCUT2D eigenvalue weighted by molar-refractivity contribution is 0.415. The molecule has 2 aromatic carbocycles. The SMILES string of the molecule is COc1ccccc1N(C)Cc1ccc(I)cc1. The van der Waals surface area contributed by atoms with E-state index >= 15 is 0 Å². The van der Waals surface area contributed by atoms with Crippen LogP contribution in [0.15, 0.2) is 48.5 Å². The molecule has 2 nitrogen and oxygen atoms in total. The molecule has 0 saturated carbocycles. The molecule has 0 unspecified atom stereocenters. The van der Waals surface area contributed by atoms with Crippen molar-refractivity contribution in [2.75, 3.05) is 19.1 Å². The molecule has 0 aromatic heterocycles. The van der Waals surface area contributed by atoms with E-state index in [0.29, 0.717) is 0 Å². The minimum atomic E-state index is 0.872. The molecule has 0 aliphatic heterocycles. The van der Waals surface area contributed by atoms with Gasteiger partial charge in [-0.05, 0) is 52.4 Å². The number of ether oxygens (including phenoxy) is 1. The molecule has 0 aliphatic carbocycles. The molecule has 0 heterocycles. The summed E-state index contributed by atoms with van der Waals surface area (Å²) in [6.07, 6.45) is 0. The zero-order valence-corrected chi connectivity index (χ0v) is 12.7. The Balaban J connectivity index is 2.16. The molecule has 0 atom stereocenters. The summed E-state index contributed by atoms with van der Waals surface area (Å²) < 4.78 is 6.64. The Bertz CT molecular complexity index is 510. The Morgan fingerprint density at radius 2 is 1.72 bits per heavy atom. The summed E-state index contributed by atoms with van der Waals surface area (Å²) in [7, 11) is 3.79. The summed E-state index contributed by atoms with van der Waals surface area (Å²) in [5, 5.41) is 0.